The number of carbonyl (C=O) groups is 1. The number of hydrogen-bond acceptors (Lipinski definition) is 2. The molecule has 2 unspecified atom stereocenters. The van der Waals surface area contributed by atoms with Crippen molar-refractivity contribution in [2.24, 2.45) is 17.8 Å². The molecule has 0 radical (unpaired) electrons. The van der Waals surface area contributed by atoms with Gasteiger partial charge in [0.15, 0.2) is 0 Å². The number of hydrogen-bond donors (Lipinski definition) is 1. The van der Waals surface area contributed by atoms with E-state index in [4.69, 9.17) is 5.11 Å². The number of fused-ring (bicyclic) bond motifs is 2. The fourth-order valence-corrected chi connectivity index (χ4v) is 4.76. The minimum absolute atomic E-state index is 0.375. The fourth-order valence-electron chi connectivity index (χ4n) is 4.76. The van der Waals surface area contributed by atoms with E-state index in [1.807, 2.05) is 0 Å². The first kappa shape index (κ1) is 16.8. The highest BCUT2D eigenvalue weighted by atomic mass is 16.4. The smallest absolute Gasteiger partial charge is 0.303 e. The highest BCUT2D eigenvalue weighted by Crippen LogP contribution is 2.43. The van der Waals surface area contributed by atoms with Gasteiger partial charge in [-0.15, -0.1) is 0 Å². The Morgan fingerprint density at radius 2 is 1.52 bits per heavy atom. The van der Waals surface area contributed by atoms with Gasteiger partial charge in [-0.2, -0.15) is 0 Å². The van der Waals surface area contributed by atoms with E-state index in [9.17, 15) is 4.79 Å². The molecule has 2 bridgehead atoms. The molecule has 122 valence electrons. The number of rotatable bonds is 7. The van der Waals surface area contributed by atoms with Crippen LogP contribution in [0.1, 0.15) is 72.6 Å². The van der Waals surface area contributed by atoms with E-state index in [0.717, 1.165) is 24.7 Å². The highest BCUT2D eigenvalue weighted by Gasteiger charge is 2.44. The third kappa shape index (κ3) is 4.45. The number of aliphatic carboxylic acids is 1. The summed E-state index contributed by atoms with van der Waals surface area (Å²) in [7, 11) is 0. The summed E-state index contributed by atoms with van der Waals surface area (Å²) >= 11 is 0. The van der Waals surface area contributed by atoms with Gasteiger partial charge in [-0.1, -0.05) is 27.7 Å². The molecule has 2 heterocycles. The van der Waals surface area contributed by atoms with E-state index in [-0.39, 0.29) is 0 Å². The largest absolute Gasteiger partial charge is 0.481 e. The minimum atomic E-state index is -0.617. The topological polar surface area (TPSA) is 40.5 Å². The zero-order valence-corrected chi connectivity index (χ0v) is 14.2. The summed E-state index contributed by atoms with van der Waals surface area (Å²) in [4.78, 5) is 13.8. The zero-order chi connectivity index (χ0) is 15.6. The maximum atomic E-state index is 11.0. The van der Waals surface area contributed by atoms with Crippen LogP contribution in [-0.4, -0.2) is 34.1 Å². The predicted molar refractivity (Wildman–Crippen MR) is 86.3 cm³/mol. The first-order valence-electron chi connectivity index (χ1n) is 8.86. The SMILES string of the molecule is CC(C)CC(CC(C)C)N1C2CCC1CC(CC(=O)O)C2. The van der Waals surface area contributed by atoms with Crippen LogP contribution < -0.4 is 0 Å². The van der Waals surface area contributed by atoms with Crippen LogP contribution in [0.2, 0.25) is 0 Å². The molecule has 0 aromatic carbocycles. The second kappa shape index (κ2) is 7.13. The van der Waals surface area contributed by atoms with E-state index in [2.05, 4.69) is 32.6 Å². The average Bonchev–Trinajstić information content (AvgIpc) is 2.58. The predicted octanol–water partition coefficient (Wildman–Crippen LogP) is 4.16. The zero-order valence-electron chi connectivity index (χ0n) is 14.2. The summed E-state index contributed by atoms with van der Waals surface area (Å²) < 4.78 is 0. The molecule has 21 heavy (non-hydrogen) atoms. The number of carboxylic acids is 1. The Balaban J connectivity index is 2.03. The van der Waals surface area contributed by atoms with Crippen molar-refractivity contribution in [2.75, 3.05) is 0 Å². The molecule has 2 saturated heterocycles. The quantitative estimate of drug-likeness (QED) is 0.766. The normalized spacial score (nSPS) is 29.8. The molecule has 2 rings (SSSR count). The van der Waals surface area contributed by atoms with Crippen LogP contribution >= 0.6 is 0 Å². The molecule has 0 amide bonds. The van der Waals surface area contributed by atoms with Crippen LogP contribution in [0, 0.1) is 17.8 Å². The molecule has 2 fully saturated rings. The Labute approximate surface area is 130 Å². The molecule has 3 heteroatoms. The van der Waals surface area contributed by atoms with Crippen molar-refractivity contribution in [3.05, 3.63) is 0 Å². The fraction of sp³-hybridized carbons (Fsp3) is 0.944. The van der Waals surface area contributed by atoms with Crippen molar-refractivity contribution in [3.8, 4) is 0 Å². The minimum Gasteiger partial charge on any atom is -0.481 e. The Kier molecular flexibility index (Phi) is 5.70. The van der Waals surface area contributed by atoms with Crippen molar-refractivity contribution in [2.45, 2.75) is 90.8 Å². The maximum Gasteiger partial charge on any atom is 0.303 e. The summed E-state index contributed by atoms with van der Waals surface area (Å²) in [5.74, 6) is 1.28. The van der Waals surface area contributed by atoms with Crippen LogP contribution in [-0.2, 0) is 4.79 Å². The van der Waals surface area contributed by atoms with Crippen molar-refractivity contribution in [1.29, 1.82) is 0 Å². The standard InChI is InChI=1S/C18H33NO2/c1-12(2)7-17(8-13(3)4)19-15-5-6-16(19)10-14(9-15)11-18(20)21/h12-17H,5-11H2,1-4H3,(H,20,21). The Morgan fingerprint density at radius 3 is 1.90 bits per heavy atom. The summed E-state index contributed by atoms with van der Waals surface area (Å²) in [5.41, 5.74) is 0. The van der Waals surface area contributed by atoms with Gasteiger partial charge in [0, 0.05) is 24.5 Å². The van der Waals surface area contributed by atoms with Gasteiger partial charge in [-0.25, -0.2) is 0 Å². The lowest BCUT2D eigenvalue weighted by atomic mass is 9.84. The maximum absolute atomic E-state index is 11.0. The second-order valence-electron chi connectivity index (χ2n) is 8.18. The van der Waals surface area contributed by atoms with E-state index in [1.165, 1.54) is 25.7 Å². The van der Waals surface area contributed by atoms with Gasteiger partial charge in [0.2, 0.25) is 0 Å². The molecule has 0 aliphatic carbocycles. The van der Waals surface area contributed by atoms with Gasteiger partial charge in [-0.3, -0.25) is 9.69 Å². The van der Waals surface area contributed by atoms with Crippen molar-refractivity contribution >= 4 is 5.97 Å². The van der Waals surface area contributed by atoms with Crippen LogP contribution in [0.15, 0.2) is 0 Å². The van der Waals surface area contributed by atoms with Crippen LogP contribution in [0.3, 0.4) is 0 Å². The van der Waals surface area contributed by atoms with Gasteiger partial charge >= 0.3 is 5.97 Å². The lowest BCUT2D eigenvalue weighted by Crippen LogP contribution is -2.50. The summed E-state index contributed by atoms with van der Waals surface area (Å²) in [5, 5.41) is 9.06. The van der Waals surface area contributed by atoms with Gasteiger partial charge in [-0.05, 0) is 56.3 Å². The lowest BCUT2D eigenvalue weighted by Gasteiger charge is -2.44. The van der Waals surface area contributed by atoms with E-state index < -0.39 is 5.97 Å². The molecule has 0 aromatic rings. The second-order valence-corrected chi connectivity index (χ2v) is 8.18. The number of nitrogens with zero attached hydrogens (tertiary/aromatic N) is 1. The van der Waals surface area contributed by atoms with Gasteiger partial charge < -0.3 is 5.11 Å². The molecule has 0 saturated carbocycles. The summed E-state index contributed by atoms with van der Waals surface area (Å²) in [6.07, 6.45) is 7.73. The van der Waals surface area contributed by atoms with Gasteiger partial charge in [0.25, 0.3) is 0 Å². The molecule has 1 N–H and O–H groups in total. The molecule has 0 spiro atoms. The van der Waals surface area contributed by atoms with E-state index in [0.29, 0.717) is 30.5 Å². The Morgan fingerprint density at radius 1 is 1.05 bits per heavy atom. The third-order valence-electron chi connectivity index (χ3n) is 5.26. The van der Waals surface area contributed by atoms with Crippen molar-refractivity contribution in [3.63, 3.8) is 0 Å². The number of piperidine rings is 1. The van der Waals surface area contributed by atoms with Crippen LogP contribution in [0.4, 0.5) is 0 Å². The van der Waals surface area contributed by atoms with Crippen molar-refractivity contribution in [1.82, 2.24) is 4.90 Å². The van der Waals surface area contributed by atoms with Crippen molar-refractivity contribution < 1.29 is 9.90 Å². The highest BCUT2D eigenvalue weighted by molar-refractivity contribution is 5.67. The molecule has 2 aliphatic heterocycles. The number of carboxylic acid groups (broad SMARTS) is 1. The Bertz CT molecular complexity index is 329. The molecule has 0 aromatic heterocycles. The first-order chi connectivity index (χ1) is 9.86. The third-order valence-corrected chi connectivity index (χ3v) is 5.26. The lowest BCUT2D eigenvalue weighted by molar-refractivity contribution is -0.138. The van der Waals surface area contributed by atoms with Gasteiger partial charge in [0.05, 0.1) is 0 Å². The first-order valence-corrected chi connectivity index (χ1v) is 8.86. The monoisotopic (exact) mass is 295 g/mol. The van der Waals surface area contributed by atoms with E-state index in [1.54, 1.807) is 0 Å². The van der Waals surface area contributed by atoms with Crippen LogP contribution in [0.5, 0.6) is 0 Å². The molecule has 2 aliphatic rings. The molecule has 3 nitrogen and oxygen atoms in total. The summed E-state index contributed by atoms with van der Waals surface area (Å²) in [6, 6.07) is 2.00. The summed E-state index contributed by atoms with van der Waals surface area (Å²) in [6.45, 7) is 9.30. The average molecular weight is 295 g/mol. The van der Waals surface area contributed by atoms with E-state index >= 15 is 0 Å². The molecule has 2 atom stereocenters. The van der Waals surface area contributed by atoms with Crippen LogP contribution in [0.25, 0.3) is 0 Å². The molecular formula is C18H33NO2. The van der Waals surface area contributed by atoms with Gasteiger partial charge in [0.1, 0.15) is 0 Å². The Hall–Kier alpha value is -0.570. The molecular weight excluding hydrogens is 262 g/mol.